The first-order valence-corrected chi connectivity index (χ1v) is 14.4. The monoisotopic (exact) mass is 572 g/mol. The van der Waals surface area contributed by atoms with E-state index in [9.17, 15) is 14.7 Å². The number of esters is 1. The molecular formula is C28H33BrN2O4S. The van der Waals surface area contributed by atoms with E-state index in [0.29, 0.717) is 25.1 Å². The van der Waals surface area contributed by atoms with E-state index < -0.39 is 11.0 Å². The van der Waals surface area contributed by atoms with Crippen molar-refractivity contribution in [2.75, 3.05) is 19.6 Å². The molecule has 3 aliphatic rings. The predicted molar refractivity (Wildman–Crippen MR) is 145 cm³/mol. The van der Waals surface area contributed by atoms with Crippen LogP contribution < -0.4 is 10.1 Å². The molecule has 1 aliphatic heterocycles. The van der Waals surface area contributed by atoms with Crippen LogP contribution in [0, 0.1) is 5.92 Å². The molecule has 2 aliphatic carbocycles. The number of nitrogens with one attached hydrogen (secondary N) is 1. The molecule has 1 amide bonds. The van der Waals surface area contributed by atoms with Gasteiger partial charge in [-0.25, -0.2) is 0 Å². The Morgan fingerprint density at radius 2 is 2.11 bits per heavy atom. The van der Waals surface area contributed by atoms with Crippen molar-refractivity contribution in [2.24, 2.45) is 5.92 Å². The van der Waals surface area contributed by atoms with Gasteiger partial charge in [-0.2, -0.15) is 0 Å². The minimum absolute atomic E-state index is 0.0511. The Morgan fingerprint density at radius 3 is 2.83 bits per heavy atom. The Morgan fingerprint density at radius 1 is 1.28 bits per heavy atom. The fourth-order valence-electron chi connectivity index (χ4n) is 6.05. The summed E-state index contributed by atoms with van der Waals surface area (Å²) in [6.07, 6.45) is 8.77. The lowest BCUT2D eigenvalue weighted by molar-refractivity contribution is -0.133. The average Bonchev–Trinajstić information content (AvgIpc) is 3.55. The van der Waals surface area contributed by atoms with Gasteiger partial charge < -0.3 is 20.1 Å². The van der Waals surface area contributed by atoms with Gasteiger partial charge >= 0.3 is 5.97 Å². The lowest BCUT2D eigenvalue weighted by atomic mass is 9.55. The first kappa shape index (κ1) is 25.6. The Balaban J connectivity index is 1.38. The molecule has 36 heavy (non-hydrogen) atoms. The number of rotatable bonds is 7. The molecule has 2 aromatic rings. The van der Waals surface area contributed by atoms with Gasteiger partial charge in [0.1, 0.15) is 5.75 Å². The van der Waals surface area contributed by atoms with Crippen LogP contribution in [0.1, 0.15) is 55.9 Å². The number of hydrogen-bond acceptors (Lipinski definition) is 6. The van der Waals surface area contributed by atoms with Gasteiger partial charge in [0.2, 0.25) is 5.91 Å². The molecule has 2 heterocycles. The van der Waals surface area contributed by atoms with Gasteiger partial charge in [0.15, 0.2) is 0 Å². The normalized spacial score (nSPS) is 28.6. The molecule has 0 bridgehead atoms. The van der Waals surface area contributed by atoms with Crippen molar-refractivity contribution in [1.29, 1.82) is 0 Å². The standard InChI is InChI=1S/C28H33BrN2O4S/c1-19(32)35-24-4-2-3-21(13-24)27-11-12-31(16-20-5-6-20)18-28(27,34)10-9-23(15-27)30-26(33)8-7-25-14-22(29)17-36-25/h2-4,7-8,13-14,17,20,23,34H,5-6,9-12,15-16,18H2,1H3,(H,30,33)/b8-7+/t23-,27-,28-/m0/s1. The van der Waals surface area contributed by atoms with Gasteiger partial charge in [0.05, 0.1) is 5.60 Å². The summed E-state index contributed by atoms with van der Waals surface area (Å²) in [5, 5.41) is 17.4. The second-order valence-corrected chi connectivity index (χ2v) is 12.5. The highest BCUT2D eigenvalue weighted by Crippen LogP contribution is 2.52. The van der Waals surface area contributed by atoms with Crippen LogP contribution in [0.25, 0.3) is 6.08 Å². The Bertz CT molecular complexity index is 1160. The van der Waals surface area contributed by atoms with E-state index in [4.69, 9.17) is 4.74 Å². The highest BCUT2D eigenvalue weighted by molar-refractivity contribution is 9.10. The molecule has 0 spiro atoms. The fraction of sp³-hybridized carbons (Fsp3) is 0.500. The van der Waals surface area contributed by atoms with Crippen molar-refractivity contribution < 1.29 is 19.4 Å². The zero-order valence-corrected chi connectivity index (χ0v) is 22.9. The SMILES string of the molecule is CC(=O)Oc1cccc([C@@]23CCN(CC4CC4)C[C@@]2(O)CC[C@H](NC(=O)/C=C/c2cc(Br)cs2)C3)c1. The van der Waals surface area contributed by atoms with Crippen molar-refractivity contribution in [3.05, 3.63) is 56.7 Å². The molecule has 0 radical (unpaired) electrons. The molecule has 5 rings (SSSR count). The number of fused-ring (bicyclic) bond motifs is 1. The average molecular weight is 574 g/mol. The van der Waals surface area contributed by atoms with Gasteiger partial charge in [-0.05, 0) is 96.8 Å². The van der Waals surface area contributed by atoms with E-state index in [1.807, 2.05) is 35.7 Å². The highest BCUT2D eigenvalue weighted by atomic mass is 79.9. The first-order valence-electron chi connectivity index (χ1n) is 12.7. The fourth-order valence-corrected chi connectivity index (χ4v) is 7.39. The number of ether oxygens (including phenoxy) is 1. The summed E-state index contributed by atoms with van der Waals surface area (Å²) in [6, 6.07) is 9.54. The summed E-state index contributed by atoms with van der Waals surface area (Å²) >= 11 is 5.02. The number of hydrogen-bond donors (Lipinski definition) is 2. The Labute approximate surface area is 224 Å². The number of carbonyl (C=O) groups excluding carboxylic acids is 2. The van der Waals surface area contributed by atoms with E-state index in [0.717, 1.165) is 46.8 Å². The quantitative estimate of drug-likeness (QED) is 0.280. The van der Waals surface area contributed by atoms with Crippen molar-refractivity contribution in [1.82, 2.24) is 10.2 Å². The van der Waals surface area contributed by atoms with Crippen LogP contribution in [0.3, 0.4) is 0 Å². The number of thiophene rings is 1. The van der Waals surface area contributed by atoms with Gasteiger partial charge in [0, 0.05) is 52.3 Å². The molecule has 6 nitrogen and oxygen atoms in total. The molecule has 3 atom stereocenters. The summed E-state index contributed by atoms with van der Waals surface area (Å²) in [4.78, 5) is 27.8. The van der Waals surface area contributed by atoms with Gasteiger partial charge in [-0.3, -0.25) is 9.59 Å². The topological polar surface area (TPSA) is 78.9 Å². The largest absolute Gasteiger partial charge is 0.427 e. The lowest BCUT2D eigenvalue weighted by Gasteiger charge is -2.58. The second kappa shape index (κ2) is 10.4. The van der Waals surface area contributed by atoms with Crippen LogP contribution in [0.2, 0.25) is 0 Å². The molecular weight excluding hydrogens is 540 g/mol. The van der Waals surface area contributed by atoms with E-state index in [1.54, 1.807) is 23.5 Å². The third-order valence-corrected chi connectivity index (χ3v) is 9.59. The van der Waals surface area contributed by atoms with Gasteiger partial charge in [0.25, 0.3) is 0 Å². The number of halogens is 1. The summed E-state index contributed by atoms with van der Waals surface area (Å²) in [5.41, 5.74) is -0.454. The smallest absolute Gasteiger partial charge is 0.308 e. The minimum atomic E-state index is -0.907. The third-order valence-electron chi connectivity index (χ3n) is 7.93. The molecule has 2 N–H and O–H groups in total. The van der Waals surface area contributed by atoms with Crippen LogP contribution >= 0.6 is 27.3 Å². The first-order chi connectivity index (χ1) is 17.2. The summed E-state index contributed by atoms with van der Waals surface area (Å²) in [6.45, 7) is 3.99. The zero-order valence-electron chi connectivity index (χ0n) is 20.5. The maximum atomic E-state index is 12.8. The molecule has 2 saturated carbocycles. The molecule has 0 unspecified atom stereocenters. The highest BCUT2D eigenvalue weighted by Gasteiger charge is 2.57. The van der Waals surface area contributed by atoms with Gasteiger partial charge in [-0.15, -0.1) is 11.3 Å². The lowest BCUT2D eigenvalue weighted by Crippen LogP contribution is -2.67. The molecule has 1 saturated heterocycles. The zero-order chi connectivity index (χ0) is 25.3. The second-order valence-electron chi connectivity index (χ2n) is 10.6. The molecule has 3 fully saturated rings. The maximum absolute atomic E-state index is 12.8. The van der Waals surface area contributed by atoms with Gasteiger partial charge in [-0.1, -0.05) is 12.1 Å². The van der Waals surface area contributed by atoms with E-state index in [-0.39, 0.29) is 17.9 Å². The van der Waals surface area contributed by atoms with Crippen molar-refractivity contribution in [3.8, 4) is 5.75 Å². The molecule has 8 heteroatoms. The molecule has 1 aromatic carbocycles. The molecule has 192 valence electrons. The number of piperidine rings is 1. The van der Waals surface area contributed by atoms with Crippen molar-refractivity contribution >= 4 is 45.2 Å². The predicted octanol–water partition coefficient (Wildman–Crippen LogP) is 4.90. The van der Waals surface area contributed by atoms with E-state index in [2.05, 4.69) is 26.1 Å². The van der Waals surface area contributed by atoms with Crippen LogP contribution in [-0.4, -0.2) is 53.2 Å². The van der Waals surface area contributed by atoms with Crippen LogP contribution in [0.4, 0.5) is 0 Å². The maximum Gasteiger partial charge on any atom is 0.308 e. The van der Waals surface area contributed by atoms with Crippen LogP contribution in [0.5, 0.6) is 5.75 Å². The number of nitrogens with zero attached hydrogens (tertiary/aromatic N) is 1. The number of β-amino-alcohol motifs (C(OH)–C–C–N with tert-alkyl or cyclic N) is 1. The minimum Gasteiger partial charge on any atom is -0.427 e. The summed E-state index contributed by atoms with van der Waals surface area (Å²) in [7, 11) is 0. The van der Waals surface area contributed by atoms with Crippen molar-refractivity contribution in [3.63, 3.8) is 0 Å². The number of benzene rings is 1. The van der Waals surface area contributed by atoms with E-state index >= 15 is 0 Å². The summed E-state index contributed by atoms with van der Waals surface area (Å²) < 4.78 is 6.40. The number of likely N-dealkylation sites (tertiary alicyclic amines) is 1. The van der Waals surface area contributed by atoms with Crippen molar-refractivity contribution in [2.45, 2.75) is 62.5 Å². The molecule has 1 aromatic heterocycles. The van der Waals surface area contributed by atoms with E-state index in [1.165, 1.54) is 19.8 Å². The Hall–Kier alpha value is -2.00. The van der Waals surface area contributed by atoms with Crippen LogP contribution in [0.15, 0.2) is 46.3 Å². The summed E-state index contributed by atoms with van der Waals surface area (Å²) in [5.74, 6) is 0.774. The number of carbonyl (C=O) groups is 2. The number of amides is 1. The Kier molecular flexibility index (Phi) is 7.41. The number of aliphatic hydroxyl groups is 1. The van der Waals surface area contributed by atoms with Crippen LogP contribution in [-0.2, 0) is 15.0 Å². The third kappa shape index (κ3) is 5.62.